The number of rotatable bonds is 7. The Morgan fingerprint density at radius 3 is 2.73 bits per heavy atom. The maximum absolute atomic E-state index is 14.3. The van der Waals surface area contributed by atoms with Crippen LogP contribution in [0.4, 0.5) is 8.78 Å². The van der Waals surface area contributed by atoms with Crippen LogP contribution in [-0.4, -0.2) is 46.3 Å². The number of hydrogen-bond acceptors (Lipinski definition) is 4. The monoisotopic (exact) mass is 419 g/mol. The Hall–Kier alpha value is -2.77. The fraction of sp³-hybridized carbons (Fsp3) is 0.500. The SMILES string of the molecule is CCOC(=O)[C@]1(Cc2ccc(F)cc2F)CCCN(C(=O)CCn2nccc2C)C1. The molecule has 162 valence electrons. The molecule has 0 saturated carbocycles. The number of halogens is 2. The largest absolute Gasteiger partial charge is 0.466 e. The summed E-state index contributed by atoms with van der Waals surface area (Å²) in [6, 6.07) is 5.21. The summed E-state index contributed by atoms with van der Waals surface area (Å²) < 4.78 is 34.7. The molecule has 0 bridgehead atoms. The van der Waals surface area contributed by atoms with Crippen LogP contribution in [0.25, 0.3) is 0 Å². The van der Waals surface area contributed by atoms with E-state index >= 15 is 0 Å². The molecule has 0 radical (unpaired) electrons. The number of piperidine rings is 1. The summed E-state index contributed by atoms with van der Waals surface area (Å²) in [6.45, 7) is 4.96. The van der Waals surface area contributed by atoms with Gasteiger partial charge in [0.15, 0.2) is 0 Å². The first-order valence-electron chi connectivity index (χ1n) is 10.2. The molecule has 0 aliphatic carbocycles. The van der Waals surface area contributed by atoms with Crippen LogP contribution in [0.3, 0.4) is 0 Å². The third-order valence-corrected chi connectivity index (χ3v) is 5.65. The Morgan fingerprint density at radius 2 is 2.07 bits per heavy atom. The third kappa shape index (κ3) is 4.86. The number of ether oxygens (including phenoxy) is 1. The van der Waals surface area contributed by atoms with Crippen LogP contribution in [0.2, 0.25) is 0 Å². The summed E-state index contributed by atoms with van der Waals surface area (Å²) in [6.07, 6.45) is 3.08. The van der Waals surface area contributed by atoms with Crippen LogP contribution >= 0.6 is 0 Å². The van der Waals surface area contributed by atoms with Gasteiger partial charge in [-0.15, -0.1) is 0 Å². The van der Waals surface area contributed by atoms with E-state index in [0.717, 1.165) is 11.8 Å². The van der Waals surface area contributed by atoms with Crippen LogP contribution in [-0.2, 0) is 27.3 Å². The lowest BCUT2D eigenvalue weighted by molar-refractivity contribution is -0.160. The zero-order valence-electron chi connectivity index (χ0n) is 17.4. The van der Waals surface area contributed by atoms with Gasteiger partial charge < -0.3 is 9.64 Å². The van der Waals surface area contributed by atoms with Gasteiger partial charge in [-0.2, -0.15) is 5.10 Å². The number of aromatic nitrogens is 2. The van der Waals surface area contributed by atoms with Gasteiger partial charge in [-0.3, -0.25) is 14.3 Å². The molecular weight excluding hydrogens is 392 g/mol. The summed E-state index contributed by atoms with van der Waals surface area (Å²) in [4.78, 5) is 27.4. The van der Waals surface area contributed by atoms with Crippen molar-refractivity contribution in [1.82, 2.24) is 14.7 Å². The molecule has 1 aromatic carbocycles. The van der Waals surface area contributed by atoms with Crippen LogP contribution in [0.15, 0.2) is 30.5 Å². The lowest BCUT2D eigenvalue weighted by Crippen LogP contribution is -2.51. The highest BCUT2D eigenvalue weighted by atomic mass is 19.1. The molecule has 30 heavy (non-hydrogen) atoms. The molecule has 0 unspecified atom stereocenters. The molecule has 1 amide bonds. The van der Waals surface area contributed by atoms with E-state index in [1.165, 1.54) is 12.1 Å². The minimum absolute atomic E-state index is 0.0555. The Labute approximate surface area is 174 Å². The number of likely N-dealkylation sites (tertiary alicyclic amines) is 1. The number of nitrogens with zero attached hydrogens (tertiary/aromatic N) is 3. The predicted molar refractivity (Wildman–Crippen MR) is 107 cm³/mol. The van der Waals surface area contributed by atoms with Crippen molar-refractivity contribution in [3.05, 3.63) is 53.4 Å². The number of carbonyl (C=O) groups is 2. The molecule has 2 heterocycles. The van der Waals surface area contributed by atoms with Crippen LogP contribution < -0.4 is 0 Å². The average Bonchev–Trinajstić information content (AvgIpc) is 3.13. The molecule has 2 aromatic rings. The van der Waals surface area contributed by atoms with Crippen LogP contribution in [0, 0.1) is 24.0 Å². The minimum Gasteiger partial charge on any atom is -0.466 e. The van der Waals surface area contributed by atoms with Crippen LogP contribution in [0.1, 0.15) is 37.4 Å². The Kier molecular flexibility index (Phi) is 6.84. The van der Waals surface area contributed by atoms with Crippen molar-refractivity contribution >= 4 is 11.9 Å². The van der Waals surface area contributed by atoms with Crippen molar-refractivity contribution < 1.29 is 23.1 Å². The smallest absolute Gasteiger partial charge is 0.314 e. The summed E-state index contributed by atoms with van der Waals surface area (Å²) >= 11 is 0. The molecule has 0 N–H and O–H groups in total. The predicted octanol–water partition coefficient (Wildman–Crippen LogP) is 3.27. The lowest BCUT2D eigenvalue weighted by Gasteiger charge is -2.41. The normalized spacial score (nSPS) is 19.0. The molecule has 0 spiro atoms. The van der Waals surface area contributed by atoms with Gasteiger partial charge in [0.2, 0.25) is 5.91 Å². The molecule has 3 rings (SSSR count). The Morgan fingerprint density at radius 1 is 1.27 bits per heavy atom. The molecular formula is C22H27F2N3O3. The van der Waals surface area contributed by atoms with Gasteiger partial charge in [0.05, 0.1) is 12.0 Å². The van der Waals surface area contributed by atoms with Crippen molar-refractivity contribution in [3.8, 4) is 0 Å². The summed E-state index contributed by atoms with van der Waals surface area (Å²) in [5.74, 6) is -1.90. The van der Waals surface area contributed by atoms with Crippen molar-refractivity contribution in [2.45, 2.75) is 46.1 Å². The van der Waals surface area contributed by atoms with Crippen LogP contribution in [0.5, 0.6) is 0 Å². The highest BCUT2D eigenvalue weighted by molar-refractivity contribution is 5.81. The number of hydrogen-bond donors (Lipinski definition) is 0. The second-order valence-electron chi connectivity index (χ2n) is 7.78. The molecule has 1 aromatic heterocycles. The highest BCUT2D eigenvalue weighted by Crippen LogP contribution is 2.36. The standard InChI is InChI=1S/C22H27F2N3O3/c1-3-30-21(29)22(14-17-5-6-18(23)13-19(17)24)9-4-11-26(15-22)20(28)8-12-27-16(2)7-10-25-27/h5-7,10,13H,3-4,8-9,11-12,14-15H2,1-2H3/t22-/m0/s1. The Bertz CT molecular complexity index is 915. The maximum atomic E-state index is 14.3. The van der Waals surface area contributed by atoms with E-state index in [9.17, 15) is 18.4 Å². The van der Waals surface area contributed by atoms with Gasteiger partial charge in [0.1, 0.15) is 11.6 Å². The van der Waals surface area contributed by atoms with E-state index in [-0.39, 0.29) is 37.5 Å². The van der Waals surface area contributed by atoms with E-state index in [4.69, 9.17) is 4.74 Å². The molecule has 1 aliphatic heterocycles. The van der Waals surface area contributed by atoms with Gasteiger partial charge in [-0.25, -0.2) is 8.78 Å². The van der Waals surface area contributed by atoms with E-state index in [2.05, 4.69) is 5.10 Å². The number of amides is 1. The number of benzene rings is 1. The topological polar surface area (TPSA) is 64.4 Å². The van der Waals surface area contributed by atoms with Gasteiger partial charge in [-0.05, 0) is 50.8 Å². The van der Waals surface area contributed by atoms with Crippen molar-refractivity contribution in [2.75, 3.05) is 19.7 Å². The van der Waals surface area contributed by atoms with E-state index in [1.807, 2.05) is 13.0 Å². The molecule has 6 nitrogen and oxygen atoms in total. The zero-order chi connectivity index (χ0) is 21.7. The Balaban J connectivity index is 1.77. The number of aryl methyl sites for hydroxylation is 2. The highest BCUT2D eigenvalue weighted by Gasteiger charge is 2.45. The van der Waals surface area contributed by atoms with E-state index < -0.39 is 23.0 Å². The molecule has 1 aliphatic rings. The zero-order valence-corrected chi connectivity index (χ0v) is 17.4. The van der Waals surface area contributed by atoms with Gasteiger partial charge in [0, 0.05) is 44.0 Å². The average molecular weight is 419 g/mol. The summed E-state index contributed by atoms with van der Waals surface area (Å²) in [5, 5.41) is 4.19. The van der Waals surface area contributed by atoms with Gasteiger partial charge in [0.25, 0.3) is 0 Å². The lowest BCUT2D eigenvalue weighted by atomic mass is 9.74. The number of carbonyl (C=O) groups excluding carboxylic acids is 2. The fourth-order valence-electron chi connectivity index (χ4n) is 4.03. The first-order chi connectivity index (χ1) is 14.3. The van der Waals surface area contributed by atoms with Crippen molar-refractivity contribution in [1.29, 1.82) is 0 Å². The third-order valence-electron chi connectivity index (χ3n) is 5.65. The van der Waals surface area contributed by atoms with E-state index in [0.29, 0.717) is 25.9 Å². The number of esters is 1. The summed E-state index contributed by atoms with van der Waals surface area (Å²) in [5.41, 5.74) is 0.157. The summed E-state index contributed by atoms with van der Waals surface area (Å²) in [7, 11) is 0. The second-order valence-corrected chi connectivity index (χ2v) is 7.78. The molecule has 1 atom stereocenters. The maximum Gasteiger partial charge on any atom is 0.314 e. The molecule has 1 fully saturated rings. The van der Waals surface area contributed by atoms with Gasteiger partial charge in [-0.1, -0.05) is 6.07 Å². The minimum atomic E-state index is -1.05. The van der Waals surface area contributed by atoms with Crippen molar-refractivity contribution in [2.24, 2.45) is 5.41 Å². The molecule has 8 heteroatoms. The molecule has 1 saturated heterocycles. The first-order valence-corrected chi connectivity index (χ1v) is 10.2. The quantitative estimate of drug-likeness (QED) is 0.646. The first kappa shape index (κ1) is 21.9. The van der Waals surface area contributed by atoms with Crippen molar-refractivity contribution in [3.63, 3.8) is 0 Å². The van der Waals surface area contributed by atoms with E-state index in [1.54, 1.807) is 22.7 Å². The van der Waals surface area contributed by atoms with Gasteiger partial charge >= 0.3 is 5.97 Å². The second kappa shape index (κ2) is 9.36. The fourth-order valence-corrected chi connectivity index (χ4v) is 4.03.